The van der Waals surface area contributed by atoms with E-state index in [0.29, 0.717) is 21.2 Å². The Morgan fingerprint density at radius 1 is 1.32 bits per heavy atom. The molecule has 1 N–H and O–H groups in total. The smallest absolute Gasteiger partial charge is 0.237 e. The third-order valence-electron chi connectivity index (χ3n) is 5.43. The Balaban J connectivity index is 1.67. The monoisotopic (exact) mass is 396 g/mol. The lowest BCUT2D eigenvalue weighted by atomic mass is 9.91. The Morgan fingerprint density at radius 3 is 2.68 bits per heavy atom. The van der Waals surface area contributed by atoms with Crippen LogP contribution in [-0.4, -0.2) is 25.6 Å². The van der Waals surface area contributed by atoms with Crippen LogP contribution in [0.3, 0.4) is 0 Å². The third-order valence-corrected chi connectivity index (χ3v) is 9.20. The van der Waals surface area contributed by atoms with Crippen LogP contribution in [-0.2, 0) is 20.0 Å². The van der Waals surface area contributed by atoms with Gasteiger partial charge in [0, 0.05) is 22.7 Å². The first kappa shape index (κ1) is 17.2. The van der Waals surface area contributed by atoms with Gasteiger partial charge < -0.3 is 5.32 Å². The van der Waals surface area contributed by atoms with Crippen molar-refractivity contribution in [3.63, 3.8) is 0 Å². The van der Waals surface area contributed by atoms with Gasteiger partial charge in [0.05, 0.1) is 5.41 Å². The Morgan fingerprint density at radius 2 is 2.08 bits per heavy atom. The average Bonchev–Trinajstić information content (AvgIpc) is 3.10. The number of carbonyl (C=O) groups is 1. The van der Waals surface area contributed by atoms with E-state index in [-0.39, 0.29) is 5.91 Å². The summed E-state index contributed by atoms with van der Waals surface area (Å²) in [6, 6.07) is 3.47. The standard InChI is InChI=1S/C17H20N2O3S3/c1-25(21,22)14-7-6-13(24-14)17(10-12(17)11-4-2-3-5-11)15(20)19-16-18-8-9-23-16/h6-9,11-12H,2-5,10H2,1H3,(H,18,19,20). The van der Waals surface area contributed by atoms with Crippen LogP contribution in [0.15, 0.2) is 27.9 Å². The van der Waals surface area contributed by atoms with Gasteiger partial charge in [0.1, 0.15) is 4.21 Å². The van der Waals surface area contributed by atoms with E-state index in [2.05, 4.69) is 10.3 Å². The lowest BCUT2D eigenvalue weighted by Crippen LogP contribution is -2.30. The molecule has 0 radical (unpaired) electrons. The van der Waals surface area contributed by atoms with Gasteiger partial charge in [-0.25, -0.2) is 13.4 Å². The summed E-state index contributed by atoms with van der Waals surface area (Å²) in [7, 11) is -3.25. The zero-order valence-electron chi connectivity index (χ0n) is 13.9. The predicted octanol–water partition coefficient (Wildman–Crippen LogP) is 3.69. The maximum absolute atomic E-state index is 13.1. The quantitative estimate of drug-likeness (QED) is 0.836. The Kier molecular flexibility index (Phi) is 4.24. The van der Waals surface area contributed by atoms with Crippen LogP contribution in [0.25, 0.3) is 0 Å². The second-order valence-electron chi connectivity index (χ2n) is 7.01. The molecule has 5 nitrogen and oxygen atoms in total. The number of amides is 1. The van der Waals surface area contributed by atoms with E-state index >= 15 is 0 Å². The number of carbonyl (C=O) groups excluding carboxylic acids is 1. The van der Waals surface area contributed by atoms with Gasteiger partial charge in [0.25, 0.3) is 0 Å². The summed E-state index contributed by atoms with van der Waals surface area (Å²) in [6.45, 7) is 0. The Hall–Kier alpha value is -1.25. The minimum atomic E-state index is -3.25. The van der Waals surface area contributed by atoms with Crippen molar-refractivity contribution in [3.8, 4) is 0 Å². The molecule has 2 aliphatic rings. The molecule has 0 aliphatic heterocycles. The van der Waals surface area contributed by atoms with Crippen LogP contribution in [0.5, 0.6) is 0 Å². The van der Waals surface area contributed by atoms with Crippen LogP contribution in [0.4, 0.5) is 5.13 Å². The molecule has 0 bridgehead atoms. The zero-order chi connectivity index (χ0) is 17.7. The molecule has 8 heteroatoms. The number of nitrogens with one attached hydrogen (secondary N) is 1. The topological polar surface area (TPSA) is 76.1 Å². The normalized spacial score (nSPS) is 26.7. The molecule has 1 amide bonds. The van der Waals surface area contributed by atoms with Crippen LogP contribution in [0.2, 0.25) is 0 Å². The van der Waals surface area contributed by atoms with Crippen molar-refractivity contribution >= 4 is 43.5 Å². The van der Waals surface area contributed by atoms with Gasteiger partial charge in [-0.1, -0.05) is 25.7 Å². The summed E-state index contributed by atoms with van der Waals surface area (Å²) in [5.41, 5.74) is -0.589. The maximum Gasteiger partial charge on any atom is 0.237 e. The van der Waals surface area contributed by atoms with Gasteiger partial charge in [-0.3, -0.25) is 4.79 Å². The highest BCUT2D eigenvalue weighted by atomic mass is 32.2. The summed E-state index contributed by atoms with van der Waals surface area (Å²) in [5, 5.41) is 5.38. The van der Waals surface area contributed by atoms with Crippen molar-refractivity contribution in [2.75, 3.05) is 11.6 Å². The minimum Gasteiger partial charge on any atom is -0.301 e. The van der Waals surface area contributed by atoms with E-state index in [1.165, 1.54) is 54.6 Å². The fourth-order valence-electron chi connectivity index (χ4n) is 4.13. The van der Waals surface area contributed by atoms with Gasteiger partial charge in [0.2, 0.25) is 5.91 Å². The largest absolute Gasteiger partial charge is 0.301 e. The number of rotatable bonds is 5. The highest BCUT2D eigenvalue weighted by Gasteiger charge is 2.64. The molecule has 0 aromatic carbocycles. The van der Waals surface area contributed by atoms with E-state index < -0.39 is 15.3 Å². The van der Waals surface area contributed by atoms with Gasteiger partial charge in [0.15, 0.2) is 15.0 Å². The lowest BCUT2D eigenvalue weighted by Gasteiger charge is -2.18. The molecule has 0 saturated heterocycles. The number of thiazole rings is 1. The van der Waals surface area contributed by atoms with Crippen molar-refractivity contribution in [2.45, 2.75) is 41.7 Å². The highest BCUT2D eigenvalue weighted by Crippen LogP contribution is 2.62. The summed E-state index contributed by atoms with van der Waals surface area (Å²) in [6.07, 6.45) is 8.48. The number of aromatic nitrogens is 1. The molecular formula is C17H20N2O3S3. The molecule has 2 atom stereocenters. The van der Waals surface area contributed by atoms with E-state index in [9.17, 15) is 13.2 Å². The van der Waals surface area contributed by atoms with Crippen LogP contribution in [0, 0.1) is 11.8 Å². The maximum atomic E-state index is 13.1. The SMILES string of the molecule is CS(=O)(=O)c1ccc(C2(C(=O)Nc3nccs3)CC2C2CCCC2)s1. The zero-order valence-corrected chi connectivity index (χ0v) is 16.3. The fraction of sp³-hybridized carbons (Fsp3) is 0.529. The van der Waals surface area contributed by atoms with Crippen molar-refractivity contribution in [3.05, 3.63) is 28.6 Å². The number of hydrogen-bond donors (Lipinski definition) is 1. The summed E-state index contributed by atoms with van der Waals surface area (Å²) < 4.78 is 24.1. The molecule has 2 aromatic rings. The Bertz CT molecular complexity index is 882. The highest BCUT2D eigenvalue weighted by molar-refractivity contribution is 7.92. The molecule has 25 heavy (non-hydrogen) atoms. The molecule has 2 saturated carbocycles. The summed E-state index contributed by atoms with van der Waals surface area (Å²) in [5.74, 6) is 0.827. The van der Waals surface area contributed by atoms with Gasteiger partial charge >= 0.3 is 0 Å². The summed E-state index contributed by atoms with van der Waals surface area (Å²) >= 11 is 2.64. The molecule has 4 rings (SSSR count). The van der Waals surface area contributed by atoms with Gasteiger partial charge in [-0.2, -0.15) is 0 Å². The van der Waals surface area contributed by atoms with E-state index in [4.69, 9.17) is 0 Å². The first-order valence-electron chi connectivity index (χ1n) is 8.42. The van der Waals surface area contributed by atoms with Crippen LogP contribution >= 0.6 is 22.7 Å². The Labute approximate surface area is 155 Å². The number of hydrogen-bond acceptors (Lipinski definition) is 6. The van der Waals surface area contributed by atoms with Gasteiger partial charge in [-0.05, 0) is 30.4 Å². The van der Waals surface area contributed by atoms with Crippen LogP contribution in [0.1, 0.15) is 37.0 Å². The van der Waals surface area contributed by atoms with Crippen molar-refractivity contribution < 1.29 is 13.2 Å². The average molecular weight is 397 g/mol. The van der Waals surface area contributed by atoms with Crippen molar-refractivity contribution in [1.82, 2.24) is 4.98 Å². The third kappa shape index (κ3) is 3.04. The second kappa shape index (κ2) is 6.17. The van der Waals surface area contributed by atoms with Gasteiger partial charge in [-0.15, -0.1) is 22.7 Å². The van der Waals surface area contributed by atoms with E-state index in [0.717, 1.165) is 11.3 Å². The molecule has 2 aromatic heterocycles. The molecule has 2 unspecified atom stereocenters. The van der Waals surface area contributed by atoms with Crippen LogP contribution < -0.4 is 5.32 Å². The lowest BCUT2D eigenvalue weighted by molar-refractivity contribution is -0.119. The van der Waals surface area contributed by atoms with Crippen molar-refractivity contribution in [2.24, 2.45) is 11.8 Å². The molecule has 2 heterocycles. The number of anilines is 1. The molecular weight excluding hydrogens is 376 g/mol. The number of thiophene rings is 1. The number of nitrogens with zero attached hydrogens (tertiary/aromatic N) is 1. The molecule has 0 spiro atoms. The van der Waals surface area contributed by atoms with Crippen molar-refractivity contribution in [1.29, 1.82) is 0 Å². The number of sulfone groups is 1. The predicted molar refractivity (Wildman–Crippen MR) is 99.9 cm³/mol. The fourth-order valence-corrected chi connectivity index (χ4v) is 6.84. The second-order valence-corrected chi connectivity index (χ2v) is 11.2. The first-order valence-corrected chi connectivity index (χ1v) is 12.0. The molecule has 2 aliphatic carbocycles. The molecule has 134 valence electrons. The van der Waals surface area contributed by atoms with E-state index in [1.807, 2.05) is 11.4 Å². The minimum absolute atomic E-state index is 0.0405. The molecule has 2 fully saturated rings. The van der Waals surface area contributed by atoms with E-state index in [1.54, 1.807) is 12.3 Å². The first-order chi connectivity index (χ1) is 11.9. The summed E-state index contributed by atoms with van der Waals surface area (Å²) in [4.78, 5) is 18.2.